The van der Waals surface area contributed by atoms with E-state index in [1.54, 1.807) is 13.8 Å². The number of nitrogens with zero attached hydrogens (tertiary/aromatic N) is 1. The first-order valence-electron chi connectivity index (χ1n) is 8.04. The Balaban J connectivity index is 1.88. The molecule has 2 aliphatic heterocycles. The molecule has 1 amide bonds. The van der Waals surface area contributed by atoms with Crippen LogP contribution in [0.4, 0.5) is 4.79 Å². The van der Waals surface area contributed by atoms with Gasteiger partial charge in [0.25, 0.3) is 0 Å². The number of carboxylic acid groups (broad SMARTS) is 1. The zero-order chi connectivity index (χ0) is 16.6. The molecule has 126 valence electrons. The molecule has 3 N–H and O–H groups in total. The number of benzene rings is 1. The molecule has 23 heavy (non-hydrogen) atoms. The second kappa shape index (κ2) is 6.11. The fraction of sp³-hybridized carbons (Fsp3) is 0.588. The normalized spacial score (nSPS) is 33.1. The van der Waals surface area contributed by atoms with E-state index in [0.717, 1.165) is 5.56 Å². The number of hydrogen-bond acceptors (Lipinski definition) is 4. The van der Waals surface area contributed by atoms with Crippen LogP contribution in [0.2, 0.25) is 0 Å². The predicted molar refractivity (Wildman–Crippen MR) is 85.2 cm³/mol. The lowest BCUT2D eigenvalue weighted by Gasteiger charge is -2.31. The Morgan fingerprint density at radius 1 is 1.39 bits per heavy atom. The lowest BCUT2D eigenvalue weighted by molar-refractivity contribution is -0.0735. The second-order valence-electron chi connectivity index (χ2n) is 6.84. The summed E-state index contributed by atoms with van der Waals surface area (Å²) in [5.74, 6) is 0. The summed E-state index contributed by atoms with van der Waals surface area (Å²) in [6.45, 7) is 4.09. The topological polar surface area (TPSA) is 82.0 Å². The fourth-order valence-corrected chi connectivity index (χ4v) is 3.80. The van der Waals surface area contributed by atoms with Crippen LogP contribution in [0.15, 0.2) is 30.3 Å². The Bertz CT molecular complexity index is 563. The molecule has 2 aliphatic rings. The Morgan fingerprint density at radius 3 is 2.65 bits per heavy atom. The van der Waals surface area contributed by atoms with Crippen LogP contribution in [0.5, 0.6) is 0 Å². The Kier molecular flexibility index (Phi) is 4.31. The molecule has 1 aromatic carbocycles. The van der Waals surface area contributed by atoms with Crippen molar-refractivity contribution in [2.75, 3.05) is 6.54 Å². The zero-order valence-electron chi connectivity index (χ0n) is 13.5. The Hall–Kier alpha value is -1.63. The molecule has 0 spiro atoms. The average Bonchev–Trinajstić information content (AvgIpc) is 3.01. The quantitative estimate of drug-likeness (QED) is 0.785. The van der Waals surface area contributed by atoms with Crippen LogP contribution in [-0.4, -0.2) is 57.8 Å². The summed E-state index contributed by atoms with van der Waals surface area (Å²) in [6, 6.07) is 9.52. The molecule has 2 fully saturated rings. The van der Waals surface area contributed by atoms with Gasteiger partial charge in [-0.15, -0.1) is 0 Å². The molecule has 2 heterocycles. The summed E-state index contributed by atoms with van der Waals surface area (Å²) < 4.78 is 6.11. The SMILES string of the molecule is CC1(C)OC(C2CC(O)CN2)C(Cc2ccccc2)N1C(=O)O. The van der Waals surface area contributed by atoms with E-state index in [9.17, 15) is 15.0 Å². The van der Waals surface area contributed by atoms with Crippen LogP contribution < -0.4 is 5.32 Å². The van der Waals surface area contributed by atoms with Crippen molar-refractivity contribution in [1.29, 1.82) is 0 Å². The van der Waals surface area contributed by atoms with Gasteiger partial charge in [0.05, 0.1) is 18.2 Å². The summed E-state index contributed by atoms with van der Waals surface area (Å²) in [6.07, 6.45) is -0.479. The number of aliphatic hydroxyl groups excluding tert-OH is 1. The van der Waals surface area contributed by atoms with Crippen molar-refractivity contribution in [3.63, 3.8) is 0 Å². The molecule has 0 saturated carbocycles. The number of carbonyl (C=O) groups is 1. The van der Waals surface area contributed by atoms with Gasteiger partial charge in [-0.2, -0.15) is 0 Å². The third kappa shape index (κ3) is 3.20. The van der Waals surface area contributed by atoms with E-state index >= 15 is 0 Å². The van der Waals surface area contributed by atoms with Crippen LogP contribution in [-0.2, 0) is 11.2 Å². The van der Waals surface area contributed by atoms with Gasteiger partial charge in [-0.1, -0.05) is 30.3 Å². The van der Waals surface area contributed by atoms with E-state index in [2.05, 4.69) is 5.32 Å². The molecular weight excluding hydrogens is 296 g/mol. The number of nitrogens with one attached hydrogen (secondary N) is 1. The molecule has 6 heteroatoms. The van der Waals surface area contributed by atoms with E-state index in [-0.39, 0.29) is 18.2 Å². The van der Waals surface area contributed by atoms with Gasteiger partial charge in [-0.25, -0.2) is 4.79 Å². The highest BCUT2D eigenvalue weighted by atomic mass is 16.6. The Morgan fingerprint density at radius 2 is 2.09 bits per heavy atom. The monoisotopic (exact) mass is 320 g/mol. The van der Waals surface area contributed by atoms with Crippen molar-refractivity contribution in [3.8, 4) is 0 Å². The van der Waals surface area contributed by atoms with E-state index in [1.807, 2.05) is 30.3 Å². The first kappa shape index (κ1) is 16.2. The molecule has 0 aliphatic carbocycles. The maximum absolute atomic E-state index is 11.8. The molecule has 4 unspecified atom stereocenters. The van der Waals surface area contributed by atoms with Gasteiger partial charge in [-0.3, -0.25) is 4.90 Å². The van der Waals surface area contributed by atoms with Gasteiger partial charge < -0.3 is 20.3 Å². The molecular formula is C17H24N2O4. The van der Waals surface area contributed by atoms with Crippen LogP contribution in [0.3, 0.4) is 0 Å². The molecule has 3 rings (SSSR count). The summed E-state index contributed by atoms with van der Waals surface area (Å²) in [7, 11) is 0. The van der Waals surface area contributed by atoms with Crippen LogP contribution in [0.25, 0.3) is 0 Å². The minimum atomic E-state index is -0.975. The first-order valence-corrected chi connectivity index (χ1v) is 8.04. The fourth-order valence-electron chi connectivity index (χ4n) is 3.80. The van der Waals surface area contributed by atoms with Crippen molar-refractivity contribution in [2.45, 2.75) is 56.7 Å². The number of hydrogen-bond donors (Lipinski definition) is 3. The average molecular weight is 320 g/mol. The van der Waals surface area contributed by atoms with Crippen molar-refractivity contribution < 1.29 is 19.7 Å². The maximum Gasteiger partial charge on any atom is 0.409 e. The molecule has 2 saturated heterocycles. The number of rotatable bonds is 3. The van der Waals surface area contributed by atoms with Gasteiger partial charge in [0.15, 0.2) is 0 Å². The highest BCUT2D eigenvalue weighted by Crippen LogP contribution is 2.37. The van der Waals surface area contributed by atoms with Gasteiger partial charge >= 0.3 is 6.09 Å². The molecule has 0 radical (unpaired) electrons. The van der Waals surface area contributed by atoms with E-state index in [1.165, 1.54) is 4.90 Å². The highest BCUT2D eigenvalue weighted by molar-refractivity contribution is 5.67. The van der Waals surface area contributed by atoms with E-state index in [0.29, 0.717) is 19.4 Å². The van der Waals surface area contributed by atoms with Crippen LogP contribution in [0, 0.1) is 0 Å². The van der Waals surface area contributed by atoms with Gasteiger partial charge in [0, 0.05) is 12.6 Å². The van der Waals surface area contributed by atoms with E-state index < -0.39 is 17.9 Å². The number of aliphatic hydroxyl groups is 1. The van der Waals surface area contributed by atoms with Crippen LogP contribution in [0.1, 0.15) is 25.8 Å². The molecule has 4 atom stereocenters. The van der Waals surface area contributed by atoms with Crippen molar-refractivity contribution in [2.24, 2.45) is 0 Å². The second-order valence-corrected chi connectivity index (χ2v) is 6.84. The van der Waals surface area contributed by atoms with Crippen LogP contribution >= 0.6 is 0 Å². The summed E-state index contributed by atoms with van der Waals surface area (Å²) >= 11 is 0. The zero-order valence-corrected chi connectivity index (χ0v) is 13.5. The van der Waals surface area contributed by atoms with Crippen molar-refractivity contribution >= 4 is 6.09 Å². The van der Waals surface area contributed by atoms with Crippen molar-refractivity contribution in [3.05, 3.63) is 35.9 Å². The summed E-state index contributed by atoms with van der Waals surface area (Å²) in [5.41, 5.74) is 0.194. The number of β-amino-alcohol motifs (C(OH)–C–C–N with tert-alkyl or cyclic N) is 1. The largest absolute Gasteiger partial charge is 0.465 e. The maximum atomic E-state index is 11.8. The molecule has 1 aromatic rings. The summed E-state index contributed by atoms with van der Waals surface area (Å²) in [5, 5.41) is 22.7. The molecule has 6 nitrogen and oxygen atoms in total. The summed E-state index contributed by atoms with van der Waals surface area (Å²) in [4.78, 5) is 13.2. The minimum absolute atomic E-state index is 0.0395. The molecule has 0 aromatic heterocycles. The third-order valence-corrected chi connectivity index (χ3v) is 4.75. The highest BCUT2D eigenvalue weighted by Gasteiger charge is 2.53. The first-order chi connectivity index (χ1) is 10.9. The van der Waals surface area contributed by atoms with E-state index in [4.69, 9.17) is 4.74 Å². The lowest BCUT2D eigenvalue weighted by atomic mass is 9.95. The smallest absolute Gasteiger partial charge is 0.409 e. The lowest BCUT2D eigenvalue weighted by Crippen LogP contribution is -2.50. The Labute approximate surface area is 136 Å². The van der Waals surface area contributed by atoms with Crippen molar-refractivity contribution in [1.82, 2.24) is 10.2 Å². The molecule has 0 bridgehead atoms. The number of ether oxygens (including phenoxy) is 1. The third-order valence-electron chi connectivity index (χ3n) is 4.75. The number of amides is 1. The van der Waals surface area contributed by atoms with Gasteiger partial charge in [-0.05, 0) is 32.3 Å². The predicted octanol–water partition coefficient (Wildman–Crippen LogP) is 1.44. The minimum Gasteiger partial charge on any atom is -0.465 e. The van der Waals surface area contributed by atoms with Gasteiger partial charge in [0.2, 0.25) is 0 Å². The van der Waals surface area contributed by atoms with Gasteiger partial charge in [0.1, 0.15) is 5.72 Å². The standard InChI is InChI=1S/C17H24N2O4/c1-17(2)19(16(21)22)14(8-11-6-4-3-5-7-11)15(23-17)13-9-12(20)10-18-13/h3-7,12-15,18,20H,8-10H2,1-2H3,(H,21,22).